The molecule has 1 aliphatic rings. The summed E-state index contributed by atoms with van der Waals surface area (Å²) in [4.78, 5) is 18.2. The quantitative estimate of drug-likeness (QED) is 0.786. The van der Waals surface area contributed by atoms with Crippen LogP contribution in [0.25, 0.3) is 0 Å². The van der Waals surface area contributed by atoms with Gasteiger partial charge in [-0.3, -0.25) is 4.90 Å². The number of anilines is 1. The monoisotopic (exact) mass is 348 g/mol. The summed E-state index contributed by atoms with van der Waals surface area (Å²) in [6.07, 6.45) is 1.27. The van der Waals surface area contributed by atoms with Crippen LogP contribution in [0, 0.1) is 0 Å². The lowest BCUT2D eigenvalue weighted by Gasteiger charge is -2.32. The van der Waals surface area contributed by atoms with E-state index in [1.807, 2.05) is 61.5 Å². The lowest BCUT2D eigenvalue weighted by atomic mass is 9.80. The van der Waals surface area contributed by atoms with Crippen molar-refractivity contribution < 1.29 is 18.8 Å². The van der Waals surface area contributed by atoms with Crippen LogP contribution in [0.2, 0.25) is 0 Å². The van der Waals surface area contributed by atoms with Crippen LogP contribution in [0.5, 0.6) is 0 Å². The van der Waals surface area contributed by atoms with Crippen LogP contribution in [0.1, 0.15) is 55.4 Å². The molecule has 2 rings (SSSR count). The second-order valence-corrected chi connectivity index (χ2v) is 8.26. The first-order valence-corrected chi connectivity index (χ1v) is 8.68. The number of carbonyl (C=O) groups excluding carboxylic acids is 1. The topological polar surface area (TPSA) is 60.9 Å². The van der Waals surface area contributed by atoms with Gasteiger partial charge in [0.2, 0.25) is 0 Å². The number of nitrogens with zero attached hydrogens (tertiary/aromatic N) is 2. The van der Waals surface area contributed by atoms with Gasteiger partial charge in [0.25, 0.3) is 0 Å². The standard InChI is InChI=1S/C18H29BN2O4/c1-9-21(15(22)23-16(2,3)4)14-11-10-13(12-20-14)19-24-17(5,6)18(7,8)25-19/h10-12H,9H2,1-8H3. The summed E-state index contributed by atoms with van der Waals surface area (Å²) in [5.74, 6) is 0.539. The fourth-order valence-corrected chi connectivity index (χ4v) is 2.38. The van der Waals surface area contributed by atoms with E-state index >= 15 is 0 Å². The fourth-order valence-electron chi connectivity index (χ4n) is 2.38. The van der Waals surface area contributed by atoms with E-state index in [0.717, 1.165) is 5.46 Å². The third-order valence-corrected chi connectivity index (χ3v) is 4.50. The molecule has 0 bridgehead atoms. The van der Waals surface area contributed by atoms with E-state index < -0.39 is 30.0 Å². The molecule has 0 radical (unpaired) electrons. The van der Waals surface area contributed by atoms with Crippen molar-refractivity contribution in [1.82, 2.24) is 4.98 Å². The summed E-state index contributed by atoms with van der Waals surface area (Å²) in [6, 6.07) is 3.66. The predicted molar refractivity (Wildman–Crippen MR) is 99.2 cm³/mol. The molecule has 6 nitrogen and oxygen atoms in total. The Labute approximate surface area is 151 Å². The molecular formula is C18H29BN2O4. The maximum Gasteiger partial charge on any atom is 0.496 e. The van der Waals surface area contributed by atoms with E-state index in [0.29, 0.717) is 12.4 Å². The first-order chi connectivity index (χ1) is 11.4. The second kappa shape index (κ2) is 6.61. The van der Waals surface area contributed by atoms with Crippen LogP contribution in [0.3, 0.4) is 0 Å². The van der Waals surface area contributed by atoms with Gasteiger partial charge in [0.15, 0.2) is 0 Å². The van der Waals surface area contributed by atoms with Gasteiger partial charge in [0, 0.05) is 18.2 Å². The Morgan fingerprint density at radius 3 is 2.16 bits per heavy atom. The highest BCUT2D eigenvalue weighted by atomic mass is 16.7. The minimum atomic E-state index is -0.548. The molecule has 2 heterocycles. The van der Waals surface area contributed by atoms with Crippen molar-refractivity contribution in [1.29, 1.82) is 0 Å². The number of hydrogen-bond donors (Lipinski definition) is 0. The Balaban J connectivity index is 2.15. The van der Waals surface area contributed by atoms with Crippen molar-refractivity contribution in [2.75, 3.05) is 11.4 Å². The van der Waals surface area contributed by atoms with E-state index in [-0.39, 0.29) is 0 Å². The van der Waals surface area contributed by atoms with Crippen LogP contribution < -0.4 is 10.4 Å². The van der Waals surface area contributed by atoms with Crippen LogP contribution in [-0.2, 0) is 14.0 Å². The first-order valence-electron chi connectivity index (χ1n) is 8.68. The molecule has 1 aromatic heterocycles. The smallest absolute Gasteiger partial charge is 0.443 e. The molecule has 1 aliphatic heterocycles. The zero-order valence-electron chi connectivity index (χ0n) is 16.5. The Kier molecular flexibility index (Phi) is 5.22. The van der Waals surface area contributed by atoms with E-state index in [1.165, 1.54) is 4.90 Å². The molecule has 0 aliphatic carbocycles. The Hall–Kier alpha value is -1.60. The highest BCUT2D eigenvalue weighted by Gasteiger charge is 2.51. The van der Waals surface area contributed by atoms with E-state index in [2.05, 4.69) is 4.98 Å². The van der Waals surface area contributed by atoms with Crippen LogP contribution in [0.4, 0.5) is 10.6 Å². The molecule has 1 aromatic rings. The number of ether oxygens (including phenoxy) is 1. The van der Waals surface area contributed by atoms with Gasteiger partial charge in [-0.05, 0) is 61.5 Å². The van der Waals surface area contributed by atoms with Gasteiger partial charge in [-0.25, -0.2) is 9.78 Å². The minimum absolute atomic E-state index is 0.400. The summed E-state index contributed by atoms with van der Waals surface area (Å²) < 4.78 is 17.5. The SMILES string of the molecule is CCN(C(=O)OC(C)(C)C)c1ccc(B2OC(C)(C)C(C)(C)O2)cn1. The third kappa shape index (κ3) is 4.33. The summed E-state index contributed by atoms with van der Waals surface area (Å²) in [6.45, 7) is 15.9. The lowest BCUT2D eigenvalue weighted by molar-refractivity contribution is 0.00578. The van der Waals surface area contributed by atoms with Crippen molar-refractivity contribution in [3.8, 4) is 0 Å². The normalized spacial score (nSPS) is 19.0. The Morgan fingerprint density at radius 2 is 1.76 bits per heavy atom. The lowest BCUT2D eigenvalue weighted by Crippen LogP contribution is -2.41. The van der Waals surface area contributed by atoms with Crippen molar-refractivity contribution in [2.24, 2.45) is 0 Å². The molecule has 1 fully saturated rings. The van der Waals surface area contributed by atoms with Gasteiger partial charge in [0.05, 0.1) is 11.2 Å². The number of pyridine rings is 1. The molecular weight excluding hydrogens is 319 g/mol. The zero-order valence-corrected chi connectivity index (χ0v) is 16.5. The third-order valence-electron chi connectivity index (χ3n) is 4.50. The van der Waals surface area contributed by atoms with Gasteiger partial charge in [-0.2, -0.15) is 0 Å². The van der Waals surface area contributed by atoms with Gasteiger partial charge < -0.3 is 14.0 Å². The number of aromatic nitrogens is 1. The van der Waals surface area contributed by atoms with Gasteiger partial charge in [-0.15, -0.1) is 0 Å². The van der Waals surface area contributed by atoms with Gasteiger partial charge in [-0.1, -0.05) is 6.07 Å². The Morgan fingerprint density at radius 1 is 1.20 bits per heavy atom. The number of hydrogen-bond acceptors (Lipinski definition) is 5. The molecule has 0 atom stereocenters. The minimum Gasteiger partial charge on any atom is -0.443 e. The molecule has 0 N–H and O–H groups in total. The number of rotatable bonds is 3. The van der Waals surface area contributed by atoms with E-state index in [1.54, 1.807) is 12.3 Å². The average Bonchev–Trinajstić information content (AvgIpc) is 2.67. The zero-order chi connectivity index (χ0) is 19.0. The van der Waals surface area contributed by atoms with Gasteiger partial charge >= 0.3 is 13.2 Å². The molecule has 0 spiro atoms. The summed E-state index contributed by atoms with van der Waals surface area (Å²) in [5, 5.41) is 0. The maximum atomic E-state index is 12.3. The van der Waals surface area contributed by atoms with Crippen molar-refractivity contribution in [2.45, 2.75) is 72.2 Å². The van der Waals surface area contributed by atoms with E-state index in [4.69, 9.17) is 14.0 Å². The highest BCUT2D eigenvalue weighted by Crippen LogP contribution is 2.36. The van der Waals surface area contributed by atoms with Crippen molar-refractivity contribution >= 4 is 24.5 Å². The van der Waals surface area contributed by atoms with E-state index in [9.17, 15) is 4.79 Å². The van der Waals surface area contributed by atoms with Crippen molar-refractivity contribution in [3.05, 3.63) is 18.3 Å². The second-order valence-electron chi connectivity index (χ2n) is 8.26. The molecule has 1 saturated heterocycles. The summed E-state index contributed by atoms with van der Waals surface area (Å²) in [7, 11) is -0.469. The highest BCUT2D eigenvalue weighted by molar-refractivity contribution is 6.62. The number of carbonyl (C=O) groups is 1. The number of amides is 1. The largest absolute Gasteiger partial charge is 0.496 e. The first kappa shape index (κ1) is 19.7. The fraction of sp³-hybridized carbons (Fsp3) is 0.667. The van der Waals surface area contributed by atoms with Gasteiger partial charge in [0.1, 0.15) is 11.4 Å². The summed E-state index contributed by atoms with van der Waals surface area (Å²) >= 11 is 0. The summed E-state index contributed by atoms with van der Waals surface area (Å²) in [5.41, 5.74) is -0.528. The molecule has 25 heavy (non-hydrogen) atoms. The molecule has 7 heteroatoms. The molecule has 0 unspecified atom stereocenters. The maximum absolute atomic E-state index is 12.3. The molecule has 0 saturated carbocycles. The van der Waals surface area contributed by atoms with Crippen LogP contribution in [0.15, 0.2) is 18.3 Å². The average molecular weight is 348 g/mol. The molecule has 0 aromatic carbocycles. The van der Waals surface area contributed by atoms with Crippen molar-refractivity contribution in [3.63, 3.8) is 0 Å². The van der Waals surface area contributed by atoms with Crippen LogP contribution >= 0.6 is 0 Å². The molecule has 1 amide bonds. The molecule has 138 valence electrons. The Bertz CT molecular complexity index is 607. The predicted octanol–water partition coefficient (Wildman–Crippen LogP) is 3.14. The van der Waals surface area contributed by atoms with Crippen LogP contribution in [-0.4, -0.2) is 41.5 Å².